The van der Waals surface area contributed by atoms with E-state index in [9.17, 15) is 9.59 Å². The largest absolute Gasteiger partial charge is 0.494 e. The summed E-state index contributed by atoms with van der Waals surface area (Å²) in [4.78, 5) is 24.0. The van der Waals surface area contributed by atoms with Crippen LogP contribution in [0.2, 0.25) is 5.02 Å². The molecule has 0 unspecified atom stereocenters. The lowest BCUT2D eigenvalue weighted by Crippen LogP contribution is -2.20. The van der Waals surface area contributed by atoms with Crippen molar-refractivity contribution >= 4 is 34.8 Å². The number of anilines is 2. The molecule has 0 bridgehead atoms. The number of rotatable bonds is 7. The fourth-order valence-corrected chi connectivity index (χ4v) is 2.32. The van der Waals surface area contributed by atoms with E-state index in [-0.39, 0.29) is 24.3 Å². The second kappa shape index (κ2) is 9.28. The van der Waals surface area contributed by atoms with Gasteiger partial charge in [-0.3, -0.25) is 9.59 Å². The SMILES string of the molecule is COc1cc(NC(=O)COc2ccc(Cl)c(C)c2)ccc1NC(=O)C(C)C. The number of ether oxygens (including phenoxy) is 2. The summed E-state index contributed by atoms with van der Waals surface area (Å²) in [6.07, 6.45) is 0. The van der Waals surface area contributed by atoms with Crippen LogP contribution in [0.15, 0.2) is 36.4 Å². The van der Waals surface area contributed by atoms with Crippen LogP contribution in [0.25, 0.3) is 0 Å². The molecule has 0 saturated heterocycles. The molecular formula is C20H23ClN2O4. The van der Waals surface area contributed by atoms with Crippen molar-refractivity contribution < 1.29 is 19.1 Å². The molecule has 0 aliphatic heterocycles. The molecule has 0 aliphatic carbocycles. The van der Waals surface area contributed by atoms with Crippen LogP contribution in [0.5, 0.6) is 11.5 Å². The molecule has 0 radical (unpaired) electrons. The van der Waals surface area contributed by atoms with Gasteiger partial charge in [0, 0.05) is 22.7 Å². The molecule has 0 aliphatic rings. The number of aryl methyl sites for hydroxylation is 1. The topological polar surface area (TPSA) is 76.7 Å². The second-order valence-corrected chi connectivity index (χ2v) is 6.71. The minimum Gasteiger partial charge on any atom is -0.494 e. The molecular weight excluding hydrogens is 368 g/mol. The number of nitrogens with one attached hydrogen (secondary N) is 2. The van der Waals surface area contributed by atoms with E-state index in [2.05, 4.69) is 10.6 Å². The number of amides is 2. The Morgan fingerprint density at radius 3 is 2.48 bits per heavy atom. The molecule has 2 aromatic carbocycles. The van der Waals surface area contributed by atoms with E-state index in [4.69, 9.17) is 21.1 Å². The molecule has 0 atom stereocenters. The van der Waals surface area contributed by atoms with Crippen molar-refractivity contribution in [2.45, 2.75) is 20.8 Å². The molecule has 2 rings (SSSR count). The van der Waals surface area contributed by atoms with Crippen molar-refractivity contribution in [3.63, 3.8) is 0 Å². The van der Waals surface area contributed by atoms with E-state index < -0.39 is 0 Å². The Bertz CT molecular complexity index is 837. The number of hydrogen-bond donors (Lipinski definition) is 2. The molecule has 144 valence electrons. The third-order valence-corrected chi connectivity index (χ3v) is 4.19. The zero-order chi connectivity index (χ0) is 20.0. The van der Waals surface area contributed by atoms with Crippen molar-refractivity contribution in [3.05, 3.63) is 47.0 Å². The van der Waals surface area contributed by atoms with Crippen LogP contribution < -0.4 is 20.1 Å². The van der Waals surface area contributed by atoms with Crippen LogP contribution in [-0.4, -0.2) is 25.5 Å². The lowest BCUT2D eigenvalue weighted by atomic mass is 10.2. The van der Waals surface area contributed by atoms with Crippen molar-refractivity contribution in [3.8, 4) is 11.5 Å². The van der Waals surface area contributed by atoms with Gasteiger partial charge in [0.05, 0.1) is 12.8 Å². The van der Waals surface area contributed by atoms with Crippen LogP contribution in [-0.2, 0) is 9.59 Å². The van der Waals surface area contributed by atoms with Gasteiger partial charge in [0.25, 0.3) is 5.91 Å². The van der Waals surface area contributed by atoms with Gasteiger partial charge in [0.15, 0.2) is 6.61 Å². The zero-order valence-electron chi connectivity index (χ0n) is 15.8. The molecule has 0 aromatic heterocycles. The predicted molar refractivity (Wildman–Crippen MR) is 107 cm³/mol. The van der Waals surface area contributed by atoms with Gasteiger partial charge in [-0.25, -0.2) is 0 Å². The van der Waals surface area contributed by atoms with Crippen LogP contribution in [0, 0.1) is 12.8 Å². The highest BCUT2D eigenvalue weighted by Crippen LogP contribution is 2.28. The summed E-state index contributed by atoms with van der Waals surface area (Å²) in [6.45, 7) is 5.33. The van der Waals surface area contributed by atoms with Gasteiger partial charge in [-0.1, -0.05) is 25.4 Å². The van der Waals surface area contributed by atoms with Gasteiger partial charge in [-0.15, -0.1) is 0 Å². The highest BCUT2D eigenvalue weighted by molar-refractivity contribution is 6.31. The highest BCUT2D eigenvalue weighted by Gasteiger charge is 2.12. The van der Waals surface area contributed by atoms with Gasteiger partial charge in [0.2, 0.25) is 5.91 Å². The predicted octanol–water partition coefficient (Wildman–Crippen LogP) is 4.27. The zero-order valence-corrected chi connectivity index (χ0v) is 16.5. The van der Waals surface area contributed by atoms with Gasteiger partial charge in [-0.2, -0.15) is 0 Å². The molecule has 6 nitrogen and oxygen atoms in total. The van der Waals surface area contributed by atoms with E-state index in [1.54, 1.807) is 50.2 Å². The summed E-state index contributed by atoms with van der Waals surface area (Å²) in [6, 6.07) is 10.2. The first kappa shape index (κ1) is 20.6. The summed E-state index contributed by atoms with van der Waals surface area (Å²) in [5.41, 5.74) is 1.95. The average Bonchev–Trinajstić information content (AvgIpc) is 2.63. The summed E-state index contributed by atoms with van der Waals surface area (Å²) in [5.74, 6) is 0.440. The van der Waals surface area contributed by atoms with Crippen LogP contribution in [0.1, 0.15) is 19.4 Å². The summed E-state index contributed by atoms with van der Waals surface area (Å²) < 4.78 is 10.8. The third kappa shape index (κ3) is 5.89. The molecule has 2 amide bonds. The standard InChI is InChI=1S/C20H23ClN2O4/c1-12(2)20(25)23-17-8-5-14(10-18(17)26-4)22-19(24)11-27-15-6-7-16(21)13(3)9-15/h5-10,12H,11H2,1-4H3,(H,22,24)(H,23,25). The molecule has 2 N–H and O–H groups in total. The Morgan fingerprint density at radius 2 is 1.85 bits per heavy atom. The van der Waals surface area contributed by atoms with E-state index in [0.29, 0.717) is 27.9 Å². The Morgan fingerprint density at radius 1 is 1.11 bits per heavy atom. The highest BCUT2D eigenvalue weighted by atomic mass is 35.5. The number of benzene rings is 2. The third-order valence-electron chi connectivity index (χ3n) is 3.77. The van der Waals surface area contributed by atoms with Gasteiger partial charge in [0.1, 0.15) is 11.5 Å². The number of carbonyl (C=O) groups excluding carboxylic acids is 2. The number of hydrogen-bond acceptors (Lipinski definition) is 4. The van der Waals surface area contributed by atoms with E-state index >= 15 is 0 Å². The lowest BCUT2D eigenvalue weighted by Gasteiger charge is -2.14. The molecule has 0 heterocycles. The van der Waals surface area contributed by atoms with Gasteiger partial charge >= 0.3 is 0 Å². The van der Waals surface area contributed by atoms with Gasteiger partial charge in [-0.05, 0) is 42.8 Å². The minimum atomic E-state index is -0.316. The molecule has 0 fully saturated rings. The number of carbonyl (C=O) groups is 2. The van der Waals surface area contributed by atoms with Crippen LogP contribution in [0.3, 0.4) is 0 Å². The summed E-state index contributed by atoms with van der Waals surface area (Å²) >= 11 is 5.97. The van der Waals surface area contributed by atoms with Crippen molar-refractivity contribution in [1.29, 1.82) is 0 Å². The van der Waals surface area contributed by atoms with Crippen LogP contribution >= 0.6 is 11.6 Å². The van der Waals surface area contributed by atoms with Crippen LogP contribution in [0.4, 0.5) is 11.4 Å². The van der Waals surface area contributed by atoms with Crippen molar-refractivity contribution in [2.75, 3.05) is 24.4 Å². The van der Waals surface area contributed by atoms with Crippen molar-refractivity contribution in [2.24, 2.45) is 5.92 Å². The Hall–Kier alpha value is -2.73. The lowest BCUT2D eigenvalue weighted by molar-refractivity contribution is -0.119. The molecule has 0 saturated carbocycles. The van der Waals surface area contributed by atoms with E-state index in [0.717, 1.165) is 5.56 Å². The molecule has 7 heteroatoms. The number of halogens is 1. The maximum atomic E-state index is 12.1. The first-order valence-electron chi connectivity index (χ1n) is 8.48. The molecule has 27 heavy (non-hydrogen) atoms. The molecule has 0 spiro atoms. The smallest absolute Gasteiger partial charge is 0.262 e. The first-order chi connectivity index (χ1) is 12.8. The minimum absolute atomic E-state index is 0.114. The number of methoxy groups -OCH3 is 1. The maximum absolute atomic E-state index is 12.1. The maximum Gasteiger partial charge on any atom is 0.262 e. The Balaban J connectivity index is 1.98. The molecule has 2 aromatic rings. The monoisotopic (exact) mass is 390 g/mol. The normalized spacial score (nSPS) is 10.4. The Kier molecular flexibility index (Phi) is 7.07. The fourth-order valence-electron chi connectivity index (χ4n) is 2.20. The first-order valence-corrected chi connectivity index (χ1v) is 8.85. The fraction of sp³-hybridized carbons (Fsp3) is 0.300. The van der Waals surface area contributed by atoms with E-state index in [1.807, 2.05) is 6.92 Å². The van der Waals surface area contributed by atoms with Crippen molar-refractivity contribution in [1.82, 2.24) is 0 Å². The second-order valence-electron chi connectivity index (χ2n) is 6.31. The average molecular weight is 391 g/mol. The quantitative estimate of drug-likeness (QED) is 0.740. The van der Waals surface area contributed by atoms with Gasteiger partial charge < -0.3 is 20.1 Å². The van der Waals surface area contributed by atoms with E-state index in [1.165, 1.54) is 7.11 Å². The summed E-state index contributed by atoms with van der Waals surface area (Å²) in [5, 5.41) is 6.16. The summed E-state index contributed by atoms with van der Waals surface area (Å²) in [7, 11) is 1.50. The Labute approximate surface area is 163 Å².